The van der Waals surface area contributed by atoms with E-state index in [0.29, 0.717) is 0 Å². The fraction of sp³-hybridized carbons (Fsp3) is 0. The minimum absolute atomic E-state index is 1.01. The van der Waals surface area contributed by atoms with Crippen LogP contribution in [0.5, 0.6) is 0 Å². The van der Waals surface area contributed by atoms with Gasteiger partial charge in [-0.2, -0.15) is 0 Å². The zero-order valence-corrected chi connectivity index (χ0v) is 2.65. The third-order valence-corrected chi connectivity index (χ3v) is 0.167. The lowest BCUT2D eigenvalue weighted by molar-refractivity contribution is 1.57. The molecule has 0 aliphatic heterocycles. The Labute approximate surface area is 30.2 Å². The molecule has 0 spiro atoms. The Morgan fingerprint density at radius 1 is 1.60 bits per heavy atom. The summed E-state index contributed by atoms with van der Waals surface area (Å²) in [5, 5.41) is 12.4. The minimum atomic E-state index is 1.01. The van der Waals surface area contributed by atoms with E-state index in [4.69, 9.17) is 10.8 Å². The van der Waals surface area contributed by atoms with Crippen LogP contribution >= 0.6 is 0 Å². The Morgan fingerprint density at radius 2 is 2.20 bits per heavy atom. The summed E-state index contributed by atoms with van der Waals surface area (Å²) in [6.45, 7) is 0. The van der Waals surface area contributed by atoms with Crippen molar-refractivity contribution >= 4 is 12.1 Å². The van der Waals surface area contributed by atoms with E-state index < -0.39 is 0 Å². The summed E-state index contributed by atoms with van der Waals surface area (Å²) < 4.78 is 0. The van der Waals surface area contributed by atoms with Crippen LogP contribution in [0, 0.1) is 10.8 Å². The van der Waals surface area contributed by atoms with Crippen LogP contribution in [-0.4, -0.2) is 12.1 Å². The van der Waals surface area contributed by atoms with Gasteiger partial charge in [-0.05, 0) is 5.87 Å². The van der Waals surface area contributed by atoms with Crippen LogP contribution in [0.3, 0.4) is 0 Å². The predicted molar refractivity (Wildman–Crippen MR) is 21.1 cm³/mol. The molecule has 2 heteroatoms. The number of hydrogen-bond donors (Lipinski definition) is 2. The second-order valence-corrected chi connectivity index (χ2v) is 0.478. The molecule has 0 aromatic heterocycles. The van der Waals surface area contributed by atoms with E-state index in [2.05, 4.69) is 0 Å². The van der Waals surface area contributed by atoms with Gasteiger partial charge in [0.25, 0.3) is 0 Å². The maximum atomic E-state index is 6.24. The largest absolute Gasteiger partial charge is 0.308 e. The molecule has 0 aliphatic rings. The number of nitrogens with one attached hydrogen (secondary N) is 2. The van der Waals surface area contributed by atoms with Crippen molar-refractivity contribution in [2.45, 2.75) is 0 Å². The van der Waals surface area contributed by atoms with Gasteiger partial charge in [0.05, 0.1) is 0 Å². The normalized spacial score (nSPS) is 4.80. The maximum Gasteiger partial charge on any atom is 0.0270 e. The highest BCUT2D eigenvalue weighted by atomic mass is 14.3. The Kier molecular flexibility index (Phi) is 2.57. The summed E-state index contributed by atoms with van der Waals surface area (Å²) in [6, 6.07) is 0. The molecule has 0 bridgehead atoms. The Hall–Kier alpha value is -0.880. The van der Waals surface area contributed by atoms with Gasteiger partial charge in [0.1, 0.15) is 0 Å². The first kappa shape index (κ1) is 4.12. The third-order valence-electron chi connectivity index (χ3n) is 0.167. The molecule has 0 rings (SSSR count). The van der Waals surface area contributed by atoms with Gasteiger partial charge in [-0.1, -0.05) is 0 Å². The Morgan fingerprint density at radius 3 is 2.20 bits per heavy atom. The molecule has 0 amide bonds. The SMILES string of the molecule is N=C=CC=N. The predicted octanol–water partition coefficient (Wildman–Crippen LogP) is 0.441. The van der Waals surface area contributed by atoms with E-state index in [1.54, 1.807) is 0 Å². The average molecular weight is 68.1 g/mol. The van der Waals surface area contributed by atoms with Gasteiger partial charge in [-0.25, -0.2) is 0 Å². The van der Waals surface area contributed by atoms with E-state index in [-0.39, 0.29) is 0 Å². The van der Waals surface area contributed by atoms with Crippen LogP contribution in [0.4, 0.5) is 0 Å². The highest BCUT2D eigenvalue weighted by Gasteiger charge is 1.40. The molecule has 0 heterocycles. The van der Waals surface area contributed by atoms with Crippen molar-refractivity contribution in [3.63, 3.8) is 0 Å². The van der Waals surface area contributed by atoms with Gasteiger partial charge in [0.2, 0.25) is 0 Å². The summed E-state index contributed by atoms with van der Waals surface area (Å²) >= 11 is 0. The highest BCUT2D eigenvalue weighted by molar-refractivity contribution is 5.79. The van der Waals surface area contributed by atoms with E-state index in [1.165, 1.54) is 6.08 Å². The summed E-state index contributed by atoms with van der Waals surface area (Å²) in [4.78, 5) is 0. The van der Waals surface area contributed by atoms with Crippen molar-refractivity contribution < 1.29 is 0 Å². The molecule has 0 aromatic rings. The maximum absolute atomic E-state index is 6.24. The zero-order chi connectivity index (χ0) is 4.12. The monoisotopic (exact) mass is 68.0 g/mol. The average Bonchev–Trinajstić information content (AvgIpc) is 1.41. The van der Waals surface area contributed by atoms with Gasteiger partial charge in [0, 0.05) is 12.3 Å². The Balaban J connectivity index is 3.31. The van der Waals surface area contributed by atoms with Crippen LogP contribution in [-0.2, 0) is 0 Å². The van der Waals surface area contributed by atoms with Crippen molar-refractivity contribution in [2.75, 3.05) is 0 Å². The number of allylic oxidation sites excluding steroid dienone is 1. The van der Waals surface area contributed by atoms with Gasteiger partial charge in [-0.15, -0.1) is 0 Å². The van der Waals surface area contributed by atoms with Crippen molar-refractivity contribution in [2.24, 2.45) is 0 Å². The van der Waals surface area contributed by atoms with Gasteiger partial charge >= 0.3 is 0 Å². The molecule has 0 saturated carbocycles. The molecule has 0 unspecified atom stereocenters. The van der Waals surface area contributed by atoms with Crippen LogP contribution in [0.1, 0.15) is 0 Å². The van der Waals surface area contributed by atoms with Crippen molar-refractivity contribution in [3.8, 4) is 0 Å². The van der Waals surface area contributed by atoms with E-state index >= 15 is 0 Å². The van der Waals surface area contributed by atoms with Crippen LogP contribution < -0.4 is 0 Å². The standard InChI is InChI=1S/C3H4N2/c4-2-1-3-5/h1-2,4-5H. The summed E-state index contributed by atoms with van der Waals surface area (Å²) in [7, 11) is 0. The summed E-state index contributed by atoms with van der Waals surface area (Å²) in [6.07, 6.45) is 2.22. The van der Waals surface area contributed by atoms with E-state index in [0.717, 1.165) is 6.21 Å². The number of hydrogen-bond acceptors (Lipinski definition) is 2. The molecule has 2 N–H and O–H groups in total. The number of rotatable bonds is 1. The van der Waals surface area contributed by atoms with Crippen LogP contribution in [0.2, 0.25) is 0 Å². The molecule has 0 aliphatic carbocycles. The van der Waals surface area contributed by atoms with E-state index in [1.807, 2.05) is 5.87 Å². The van der Waals surface area contributed by atoms with Gasteiger partial charge < -0.3 is 5.41 Å². The zero-order valence-electron chi connectivity index (χ0n) is 2.65. The molecular formula is C3H4N2. The lowest BCUT2D eigenvalue weighted by atomic mass is 10.7. The molecule has 0 aromatic carbocycles. The quantitative estimate of drug-likeness (QED) is 0.419. The molecular weight excluding hydrogens is 64.0 g/mol. The molecule has 0 saturated heterocycles. The first-order chi connectivity index (χ1) is 2.41. The third kappa shape index (κ3) is 3.12. The summed E-state index contributed by atoms with van der Waals surface area (Å²) in [5.74, 6) is 1.90. The van der Waals surface area contributed by atoms with Crippen molar-refractivity contribution in [3.05, 3.63) is 6.08 Å². The molecule has 26 valence electrons. The molecule has 5 heavy (non-hydrogen) atoms. The smallest absolute Gasteiger partial charge is 0.0270 e. The van der Waals surface area contributed by atoms with Crippen LogP contribution in [0.15, 0.2) is 6.08 Å². The fourth-order valence-corrected chi connectivity index (χ4v) is 0.0417. The van der Waals surface area contributed by atoms with Crippen molar-refractivity contribution in [1.29, 1.82) is 10.8 Å². The van der Waals surface area contributed by atoms with E-state index in [9.17, 15) is 0 Å². The lowest BCUT2D eigenvalue weighted by Crippen LogP contribution is -1.50. The highest BCUT2D eigenvalue weighted by Crippen LogP contribution is 1.36. The Bertz CT molecular complexity index is 69.0. The molecule has 0 radical (unpaired) electrons. The fourth-order valence-electron chi connectivity index (χ4n) is 0.0417. The molecule has 0 fully saturated rings. The molecule has 0 atom stereocenters. The van der Waals surface area contributed by atoms with Crippen molar-refractivity contribution in [1.82, 2.24) is 0 Å². The lowest BCUT2D eigenvalue weighted by Gasteiger charge is -1.45. The summed E-state index contributed by atoms with van der Waals surface area (Å²) in [5.41, 5.74) is 0. The van der Waals surface area contributed by atoms with Gasteiger partial charge in [0.15, 0.2) is 0 Å². The second-order valence-electron chi connectivity index (χ2n) is 0.478. The van der Waals surface area contributed by atoms with Crippen LogP contribution in [0.25, 0.3) is 0 Å². The van der Waals surface area contributed by atoms with Gasteiger partial charge in [-0.3, -0.25) is 5.41 Å². The first-order valence-corrected chi connectivity index (χ1v) is 1.16. The first-order valence-electron chi connectivity index (χ1n) is 1.16. The molecule has 2 nitrogen and oxygen atoms in total. The topological polar surface area (TPSA) is 47.7 Å². The minimum Gasteiger partial charge on any atom is -0.308 e. The second kappa shape index (κ2) is 3.12.